The van der Waals surface area contributed by atoms with Crippen LogP contribution in [0.4, 0.5) is 0 Å². The lowest BCUT2D eigenvalue weighted by Crippen LogP contribution is -2.35. The van der Waals surface area contributed by atoms with E-state index in [0.717, 1.165) is 55.1 Å². The third kappa shape index (κ3) is 4.17. The number of carboxylic acid groups (broad SMARTS) is 1. The molecule has 0 atom stereocenters. The molecule has 0 bridgehead atoms. The molecule has 1 aliphatic rings. The van der Waals surface area contributed by atoms with Gasteiger partial charge in [0, 0.05) is 18.9 Å². The normalized spacial score (nSPS) is 15.8. The van der Waals surface area contributed by atoms with Crippen molar-refractivity contribution in [3.8, 4) is 5.75 Å². The molecule has 3 aromatic rings. The zero-order valence-electron chi connectivity index (χ0n) is 16.0. The summed E-state index contributed by atoms with van der Waals surface area (Å²) in [7, 11) is 0. The van der Waals surface area contributed by atoms with E-state index in [1.165, 1.54) is 5.56 Å². The van der Waals surface area contributed by atoms with E-state index in [0.29, 0.717) is 6.61 Å². The molecule has 0 saturated carbocycles. The number of benzene rings is 1. The molecule has 1 N–H and O–H groups in total. The van der Waals surface area contributed by atoms with Gasteiger partial charge < -0.3 is 14.2 Å². The van der Waals surface area contributed by atoms with Crippen LogP contribution in [-0.2, 0) is 17.9 Å². The van der Waals surface area contributed by atoms with Crippen LogP contribution < -0.4 is 4.74 Å². The Kier molecular flexibility index (Phi) is 5.30. The van der Waals surface area contributed by atoms with E-state index in [1.54, 1.807) is 0 Å². The number of aromatic nitrogens is 2. The molecular formula is C22H25N3O3. The average molecular weight is 379 g/mol. The highest BCUT2D eigenvalue weighted by Gasteiger charge is 2.24. The summed E-state index contributed by atoms with van der Waals surface area (Å²) in [5, 5.41) is 9.09. The molecule has 0 spiro atoms. The van der Waals surface area contributed by atoms with Crippen molar-refractivity contribution in [3.05, 3.63) is 65.6 Å². The van der Waals surface area contributed by atoms with Gasteiger partial charge in [0.05, 0.1) is 11.6 Å². The number of hydrogen-bond acceptors (Lipinski definition) is 4. The van der Waals surface area contributed by atoms with Crippen molar-refractivity contribution < 1.29 is 14.6 Å². The molecule has 1 aliphatic heterocycles. The van der Waals surface area contributed by atoms with Crippen LogP contribution in [0, 0.1) is 12.8 Å². The molecule has 2 aromatic heterocycles. The van der Waals surface area contributed by atoms with Crippen molar-refractivity contribution in [2.45, 2.75) is 32.9 Å². The lowest BCUT2D eigenvalue weighted by Gasteiger charge is -2.30. The summed E-state index contributed by atoms with van der Waals surface area (Å²) in [5.74, 6) is -0.0283. The Morgan fingerprint density at radius 3 is 2.64 bits per heavy atom. The lowest BCUT2D eigenvalue weighted by atomic mass is 9.97. The highest BCUT2D eigenvalue weighted by atomic mass is 16.5. The van der Waals surface area contributed by atoms with E-state index in [1.807, 2.05) is 35.0 Å². The van der Waals surface area contributed by atoms with Crippen LogP contribution in [0.25, 0.3) is 5.65 Å². The van der Waals surface area contributed by atoms with E-state index in [2.05, 4.69) is 35.0 Å². The quantitative estimate of drug-likeness (QED) is 0.710. The molecule has 0 amide bonds. The van der Waals surface area contributed by atoms with Crippen LogP contribution in [-0.4, -0.2) is 38.4 Å². The molecule has 1 saturated heterocycles. The smallest absolute Gasteiger partial charge is 0.306 e. The molecule has 3 heterocycles. The molecule has 1 aromatic carbocycles. The number of nitrogens with zero attached hydrogens (tertiary/aromatic N) is 3. The topological polar surface area (TPSA) is 67.1 Å². The second-order valence-electron chi connectivity index (χ2n) is 7.48. The largest absolute Gasteiger partial charge is 0.487 e. The molecule has 0 unspecified atom stereocenters. The first-order valence-corrected chi connectivity index (χ1v) is 9.68. The fourth-order valence-corrected chi connectivity index (χ4v) is 3.72. The molecule has 6 heteroatoms. The van der Waals surface area contributed by atoms with Crippen LogP contribution in [0.1, 0.15) is 29.7 Å². The Balaban J connectivity index is 1.31. The number of aryl methyl sites for hydroxylation is 1. The van der Waals surface area contributed by atoms with Crippen molar-refractivity contribution >= 4 is 11.6 Å². The molecule has 0 aliphatic carbocycles. The first-order valence-electron chi connectivity index (χ1n) is 9.68. The number of piperidine rings is 1. The van der Waals surface area contributed by atoms with Gasteiger partial charge in [-0.3, -0.25) is 9.69 Å². The summed E-state index contributed by atoms with van der Waals surface area (Å²) in [5.41, 5.74) is 4.22. The van der Waals surface area contributed by atoms with Crippen LogP contribution >= 0.6 is 0 Å². The van der Waals surface area contributed by atoms with Gasteiger partial charge >= 0.3 is 5.97 Å². The van der Waals surface area contributed by atoms with Gasteiger partial charge in [-0.1, -0.05) is 18.2 Å². The third-order valence-electron chi connectivity index (χ3n) is 5.38. The number of hydrogen-bond donors (Lipinski definition) is 1. The van der Waals surface area contributed by atoms with Gasteiger partial charge in [-0.2, -0.15) is 0 Å². The summed E-state index contributed by atoms with van der Waals surface area (Å²) >= 11 is 0. The highest BCUT2D eigenvalue weighted by Crippen LogP contribution is 2.21. The Morgan fingerprint density at radius 1 is 1.21 bits per heavy atom. The van der Waals surface area contributed by atoms with Crippen molar-refractivity contribution in [1.82, 2.24) is 14.3 Å². The third-order valence-corrected chi connectivity index (χ3v) is 5.38. The number of carbonyl (C=O) groups is 1. The van der Waals surface area contributed by atoms with Crippen molar-refractivity contribution in [2.75, 3.05) is 13.1 Å². The number of rotatable bonds is 6. The van der Waals surface area contributed by atoms with Gasteiger partial charge in [0.2, 0.25) is 0 Å². The first-order chi connectivity index (χ1) is 13.6. The van der Waals surface area contributed by atoms with Gasteiger partial charge in [-0.15, -0.1) is 0 Å². The number of carboxylic acids is 1. The fourth-order valence-electron chi connectivity index (χ4n) is 3.72. The Bertz CT molecular complexity index is 957. The highest BCUT2D eigenvalue weighted by molar-refractivity contribution is 5.70. The van der Waals surface area contributed by atoms with Gasteiger partial charge in [0.1, 0.15) is 18.0 Å². The molecular weight excluding hydrogens is 354 g/mol. The van der Waals surface area contributed by atoms with Gasteiger partial charge in [-0.25, -0.2) is 4.98 Å². The number of aliphatic carboxylic acids is 1. The zero-order valence-corrected chi connectivity index (χ0v) is 16.0. The molecule has 4 rings (SSSR count). The predicted octanol–water partition coefficient (Wildman–Crippen LogP) is 3.52. The predicted molar refractivity (Wildman–Crippen MR) is 106 cm³/mol. The number of imidazole rings is 1. The van der Waals surface area contributed by atoms with Crippen LogP contribution in [0.3, 0.4) is 0 Å². The average Bonchev–Trinajstić information content (AvgIpc) is 3.12. The van der Waals surface area contributed by atoms with Crippen LogP contribution in [0.5, 0.6) is 5.75 Å². The lowest BCUT2D eigenvalue weighted by molar-refractivity contribution is -0.143. The second-order valence-corrected chi connectivity index (χ2v) is 7.48. The van der Waals surface area contributed by atoms with Crippen molar-refractivity contribution in [1.29, 1.82) is 0 Å². The van der Waals surface area contributed by atoms with Crippen molar-refractivity contribution in [2.24, 2.45) is 5.92 Å². The summed E-state index contributed by atoms with van der Waals surface area (Å²) in [6.07, 6.45) is 5.45. The maximum atomic E-state index is 11.1. The van der Waals surface area contributed by atoms with E-state index < -0.39 is 5.97 Å². The summed E-state index contributed by atoms with van der Waals surface area (Å²) in [4.78, 5) is 18.0. The number of fused-ring (bicyclic) bond motifs is 1. The Labute approximate surface area is 164 Å². The van der Waals surface area contributed by atoms with Gasteiger partial charge in [0.25, 0.3) is 0 Å². The summed E-state index contributed by atoms with van der Waals surface area (Å²) < 4.78 is 7.91. The number of likely N-dealkylation sites (tertiary alicyclic amines) is 1. The molecule has 1 fully saturated rings. The minimum atomic E-state index is -0.665. The number of pyridine rings is 1. The van der Waals surface area contributed by atoms with E-state index in [-0.39, 0.29) is 5.92 Å². The summed E-state index contributed by atoms with van der Waals surface area (Å²) in [6.45, 7) is 5.00. The van der Waals surface area contributed by atoms with Gasteiger partial charge in [0.15, 0.2) is 0 Å². The summed E-state index contributed by atoms with van der Waals surface area (Å²) in [6, 6.07) is 12.2. The second kappa shape index (κ2) is 8.02. The Morgan fingerprint density at radius 2 is 1.96 bits per heavy atom. The van der Waals surface area contributed by atoms with Crippen molar-refractivity contribution in [3.63, 3.8) is 0 Å². The van der Waals surface area contributed by atoms with E-state index >= 15 is 0 Å². The minimum Gasteiger partial charge on any atom is -0.487 e. The zero-order chi connectivity index (χ0) is 19.5. The monoisotopic (exact) mass is 379 g/mol. The van der Waals surface area contributed by atoms with Crippen LogP contribution in [0.15, 0.2) is 48.8 Å². The minimum absolute atomic E-state index is 0.185. The van der Waals surface area contributed by atoms with Gasteiger partial charge in [-0.05, 0) is 62.2 Å². The van der Waals surface area contributed by atoms with E-state index in [9.17, 15) is 4.79 Å². The number of ether oxygens (including phenoxy) is 1. The first kappa shape index (κ1) is 18.5. The fraction of sp³-hybridized carbons (Fsp3) is 0.364. The maximum Gasteiger partial charge on any atom is 0.306 e. The maximum absolute atomic E-state index is 11.1. The molecule has 28 heavy (non-hydrogen) atoms. The molecule has 0 radical (unpaired) electrons. The Hall–Kier alpha value is -2.86. The van der Waals surface area contributed by atoms with Crippen LogP contribution in [0.2, 0.25) is 0 Å². The van der Waals surface area contributed by atoms with E-state index in [4.69, 9.17) is 9.84 Å². The molecule has 146 valence electrons. The standard InChI is InChI=1S/C22H25N3O3/c1-16-3-2-10-25-14-19(23-21(16)25)15-28-20-6-4-17(5-7-20)13-24-11-8-18(9-12-24)22(26)27/h2-7,10,14,18H,8-9,11-13,15H2,1H3,(H,26,27). The SMILES string of the molecule is Cc1cccn2cc(COc3ccc(CN4CCC(C(=O)O)CC4)cc3)nc12. The molecule has 6 nitrogen and oxygen atoms in total.